The summed E-state index contributed by atoms with van der Waals surface area (Å²) in [7, 11) is -3.79. The van der Waals surface area contributed by atoms with E-state index in [1.807, 2.05) is 13.0 Å². The van der Waals surface area contributed by atoms with E-state index < -0.39 is 34.3 Å². The van der Waals surface area contributed by atoms with Gasteiger partial charge >= 0.3 is 0 Å². The maximum Gasteiger partial charge on any atom is 0.244 e. The topological polar surface area (TPSA) is 86.8 Å². The van der Waals surface area contributed by atoms with E-state index in [2.05, 4.69) is 5.32 Å². The number of anilines is 1. The lowest BCUT2D eigenvalue weighted by molar-refractivity contribution is -0.139. The Balaban J connectivity index is 1.90. The third-order valence-electron chi connectivity index (χ3n) is 6.66. The van der Waals surface area contributed by atoms with Crippen LogP contribution in [0, 0.1) is 19.7 Å². The van der Waals surface area contributed by atoms with E-state index in [1.54, 1.807) is 38.1 Å². The average Bonchev–Trinajstić information content (AvgIpc) is 3.31. The Morgan fingerprint density at radius 3 is 2.31 bits per heavy atom. The van der Waals surface area contributed by atoms with Crippen molar-refractivity contribution >= 4 is 27.5 Å². The Morgan fingerprint density at radius 2 is 1.71 bits per heavy atom. The fourth-order valence-electron chi connectivity index (χ4n) is 4.36. The highest BCUT2D eigenvalue weighted by Crippen LogP contribution is 2.25. The van der Waals surface area contributed by atoms with E-state index in [0.717, 1.165) is 47.4 Å². The standard InChI is InChI=1S/C26H34FN3O4S/c1-18-8-7-11-24(19(18)2)30(35(4,33)34)17-25(31)29(16-21-12-14-22(27)15-13-21)20(3)26(32)28-23-9-5-6-10-23/h7-8,11-15,20,23H,5-6,9-10,16-17H2,1-4H3,(H,28,32). The van der Waals surface area contributed by atoms with Gasteiger partial charge in [-0.05, 0) is 68.5 Å². The second-order valence-electron chi connectivity index (χ2n) is 9.30. The first-order chi connectivity index (χ1) is 16.5. The zero-order chi connectivity index (χ0) is 25.8. The molecule has 9 heteroatoms. The smallest absolute Gasteiger partial charge is 0.244 e. The summed E-state index contributed by atoms with van der Waals surface area (Å²) in [6.07, 6.45) is 4.97. The van der Waals surface area contributed by atoms with Gasteiger partial charge in [-0.25, -0.2) is 12.8 Å². The lowest BCUT2D eigenvalue weighted by Crippen LogP contribution is -2.52. The number of carbonyl (C=O) groups excluding carboxylic acids is 2. The molecule has 1 atom stereocenters. The molecule has 1 fully saturated rings. The first kappa shape index (κ1) is 26.7. The molecule has 1 unspecified atom stereocenters. The van der Waals surface area contributed by atoms with E-state index in [4.69, 9.17) is 0 Å². The van der Waals surface area contributed by atoms with Crippen LogP contribution in [0.25, 0.3) is 0 Å². The number of sulfonamides is 1. The Kier molecular flexibility index (Phi) is 8.53. The number of carbonyl (C=O) groups is 2. The van der Waals surface area contributed by atoms with Gasteiger partial charge < -0.3 is 10.2 Å². The molecule has 1 aliphatic rings. The number of hydrogen-bond donors (Lipinski definition) is 1. The molecule has 35 heavy (non-hydrogen) atoms. The lowest BCUT2D eigenvalue weighted by atomic mass is 10.1. The lowest BCUT2D eigenvalue weighted by Gasteiger charge is -2.32. The molecule has 7 nitrogen and oxygen atoms in total. The minimum absolute atomic E-state index is 0.0444. The van der Waals surface area contributed by atoms with Gasteiger partial charge in [0.2, 0.25) is 21.8 Å². The SMILES string of the molecule is Cc1cccc(N(CC(=O)N(Cc2ccc(F)cc2)C(C)C(=O)NC2CCCC2)S(C)(=O)=O)c1C. The molecule has 1 N–H and O–H groups in total. The van der Waals surface area contributed by atoms with Gasteiger partial charge in [-0.1, -0.05) is 37.1 Å². The number of nitrogens with one attached hydrogen (secondary N) is 1. The Hall–Kier alpha value is -2.94. The maximum absolute atomic E-state index is 13.6. The number of amides is 2. The van der Waals surface area contributed by atoms with Crippen molar-refractivity contribution in [2.45, 2.75) is 65.1 Å². The van der Waals surface area contributed by atoms with Crippen molar-refractivity contribution in [2.24, 2.45) is 0 Å². The summed E-state index contributed by atoms with van der Waals surface area (Å²) in [5.74, 6) is -1.21. The normalized spacial score (nSPS) is 15.0. The maximum atomic E-state index is 13.6. The van der Waals surface area contributed by atoms with E-state index in [0.29, 0.717) is 11.3 Å². The van der Waals surface area contributed by atoms with Gasteiger partial charge in [-0.2, -0.15) is 0 Å². The molecule has 0 heterocycles. The molecule has 0 radical (unpaired) electrons. The van der Waals surface area contributed by atoms with Crippen molar-refractivity contribution in [2.75, 3.05) is 17.1 Å². The van der Waals surface area contributed by atoms with Crippen LogP contribution < -0.4 is 9.62 Å². The van der Waals surface area contributed by atoms with E-state index in [1.165, 1.54) is 17.0 Å². The molecule has 0 bridgehead atoms. The molecule has 0 aromatic heterocycles. The summed E-state index contributed by atoms with van der Waals surface area (Å²) in [6.45, 7) is 4.90. The Bertz CT molecular complexity index is 1160. The van der Waals surface area contributed by atoms with Crippen molar-refractivity contribution in [3.8, 4) is 0 Å². The minimum Gasteiger partial charge on any atom is -0.352 e. The molecule has 1 saturated carbocycles. The Labute approximate surface area is 207 Å². The predicted molar refractivity (Wildman–Crippen MR) is 135 cm³/mol. The van der Waals surface area contributed by atoms with E-state index in [-0.39, 0.29) is 18.5 Å². The third-order valence-corrected chi connectivity index (χ3v) is 7.79. The molecular formula is C26H34FN3O4S. The van der Waals surface area contributed by atoms with Crippen molar-refractivity contribution in [1.82, 2.24) is 10.2 Å². The van der Waals surface area contributed by atoms with Crippen molar-refractivity contribution < 1.29 is 22.4 Å². The zero-order valence-corrected chi connectivity index (χ0v) is 21.6. The summed E-state index contributed by atoms with van der Waals surface area (Å²) in [4.78, 5) is 28.0. The summed E-state index contributed by atoms with van der Waals surface area (Å²) in [6, 6.07) is 10.2. The number of benzene rings is 2. The Morgan fingerprint density at radius 1 is 1.09 bits per heavy atom. The van der Waals surface area contributed by atoms with Crippen LogP contribution >= 0.6 is 0 Å². The number of hydrogen-bond acceptors (Lipinski definition) is 4. The summed E-state index contributed by atoms with van der Waals surface area (Å²) < 4.78 is 40.0. The molecule has 0 saturated heterocycles. The second kappa shape index (κ2) is 11.2. The monoisotopic (exact) mass is 503 g/mol. The molecule has 190 valence electrons. The van der Waals surface area contributed by atoms with Crippen LogP contribution in [0.5, 0.6) is 0 Å². The van der Waals surface area contributed by atoms with Gasteiger partial charge in [0.25, 0.3) is 0 Å². The fourth-order valence-corrected chi connectivity index (χ4v) is 5.26. The first-order valence-electron chi connectivity index (χ1n) is 11.9. The summed E-state index contributed by atoms with van der Waals surface area (Å²) in [5, 5.41) is 3.02. The van der Waals surface area contributed by atoms with Gasteiger partial charge in [0.15, 0.2) is 0 Å². The number of rotatable bonds is 9. The second-order valence-corrected chi connectivity index (χ2v) is 11.2. The van der Waals surface area contributed by atoms with Crippen molar-refractivity contribution in [3.05, 3.63) is 65.0 Å². The minimum atomic E-state index is -3.79. The average molecular weight is 504 g/mol. The largest absolute Gasteiger partial charge is 0.352 e. The van der Waals surface area contributed by atoms with Crippen LogP contribution in [-0.4, -0.2) is 50.0 Å². The van der Waals surface area contributed by atoms with E-state index >= 15 is 0 Å². The van der Waals surface area contributed by atoms with Gasteiger partial charge in [-0.3, -0.25) is 13.9 Å². The zero-order valence-electron chi connectivity index (χ0n) is 20.8. The first-order valence-corrected chi connectivity index (χ1v) is 13.7. The van der Waals surface area contributed by atoms with Gasteiger partial charge in [0.1, 0.15) is 18.4 Å². The number of halogens is 1. The number of nitrogens with zero attached hydrogens (tertiary/aromatic N) is 2. The molecule has 2 aromatic carbocycles. The quantitative estimate of drug-likeness (QED) is 0.566. The highest BCUT2D eigenvalue weighted by atomic mass is 32.2. The van der Waals surface area contributed by atoms with E-state index in [9.17, 15) is 22.4 Å². The van der Waals surface area contributed by atoms with Gasteiger partial charge in [0, 0.05) is 12.6 Å². The summed E-state index contributed by atoms with van der Waals surface area (Å²) >= 11 is 0. The molecule has 2 amide bonds. The highest BCUT2D eigenvalue weighted by Gasteiger charge is 2.31. The number of aryl methyl sites for hydroxylation is 1. The van der Waals surface area contributed by atoms with Crippen molar-refractivity contribution in [3.63, 3.8) is 0 Å². The van der Waals surface area contributed by atoms with Crippen LogP contribution in [0.15, 0.2) is 42.5 Å². The molecular weight excluding hydrogens is 469 g/mol. The molecule has 0 spiro atoms. The van der Waals surface area contributed by atoms with Gasteiger partial charge in [-0.15, -0.1) is 0 Å². The molecule has 1 aliphatic carbocycles. The van der Waals surface area contributed by atoms with Crippen LogP contribution in [0.2, 0.25) is 0 Å². The van der Waals surface area contributed by atoms with Gasteiger partial charge in [0.05, 0.1) is 11.9 Å². The highest BCUT2D eigenvalue weighted by molar-refractivity contribution is 7.92. The fraction of sp³-hybridized carbons (Fsp3) is 0.462. The predicted octanol–water partition coefficient (Wildman–Crippen LogP) is 3.68. The van der Waals surface area contributed by atoms with Crippen LogP contribution in [0.4, 0.5) is 10.1 Å². The van der Waals surface area contributed by atoms with Crippen LogP contribution in [-0.2, 0) is 26.2 Å². The van der Waals surface area contributed by atoms with Crippen molar-refractivity contribution in [1.29, 1.82) is 0 Å². The third kappa shape index (κ3) is 6.81. The molecule has 0 aliphatic heterocycles. The van der Waals surface area contributed by atoms with Crippen LogP contribution in [0.3, 0.4) is 0 Å². The summed E-state index contributed by atoms with van der Waals surface area (Å²) in [5.41, 5.74) is 2.71. The van der Waals surface area contributed by atoms with Crippen LogP contribution in [0.1, 0.15) is 49.3 Å². The molecule has 3 rings (SSSR count). The molecule has 2 aromatic rings.